The molecule has 1 saturated heterocycles. The average molecular weight is 226 g/mol. The zero-order valence-corrected chi connectivity index (χ0v) is 9.87. The summed E-state index contributed by atoms with van der Waals surface area (Å²) in [6, 6.07) is 2.52. The van der Waals surface area contributed by atoms with Gasteiger partial charge in [-0.05, 0) is 28.9 Å². The molecule has 2 N–H and O–H groups in total. The first-order valence-corrected chi connectivity index (χ1v) is 6.39. The molecule has 1 aromatic rings. The number of ether oxygens (including phenoxy) is 1. The van der Waals surface area contributed by atoms with Crippen LogP contribution < -0.4 is 5.73 Å². The van der Waals surface area contributed by atoms with Crippen LogP contribution >= 0.6 is 11.3 Å². The number of nitrogens with two attached hydrogens (primary N) is 1. The largest absolute Gasteiger partial charge is 0.374 e. The fraction of sp³-hybridized carbons (Fsp3) is 0.636. The lowest BCUT2D eigenvalue weighted by Crippen LogP contribution is -2.47. The quantitative estimate of drug-likeness (QED) is 0.848. The Labute approximate surface area is 94.8 Å². The second-order valence-electron chi connectivity index (χ2n) is 3.78. The smallest absolute Gasteiger partial charge is 0.0894 e. The molecule has 1 fully saturated rings. The van der Waals surface area contributed by atoms with Crippen molar-refractivity contribution in [1.82, 2.24) is 4.90 Å². The summed E-state index contributed by atoms with van der Waals surface area (Å²) in [5, 5.41) is 4.32. The summed E-state index contributed by atoms with van der Waals surface area (Å²) < 4.78 is 5.73. The third-order valence-corrected chi connectivity index (χ3v) is 3.68. The minimum atomic E-state index is 0.147. The number of likely N-dealkylation sites (N-methyl/N-ethyl adjacent to an activating group) is 1. The number of thiophene rings is 1. The lowest BCUT2D eigenvalue weighted by Gasteiger charge is -2.40. The fourth-order valence-electron chi connectivity index (χ4n) is 2.21. The van der Waals surface area contributed by atoms with E-state index in [1.165, 1.54) is 5.56 Å². The van der Waals surface area contributed by atoms with Crippen LogP contribution in [0.5, 0.6) is 0 Å². The zero-order chi connectivity index (χ0) is 10.7. The molecular formula is C11H18N2OS. The molecule has 15 heavy (non-hydrogen) atoms. The third-order valence-electron chi connectivity index (χ3n) is 2.98. The Kier molecular flexibility index (Phi) is 3.75. The van der Waals surface area contributed by atoms with Gasteiger partial charge in [0, 0.05) is 13.1 Å². The van der Waals surface area contributed by atoms with Gasteiger partial charge in [0.2, 0.25) is 0 Å². The van der Waals surface area contributed by atoms with Gasteiger partial charge in [0.1, 0.15) is 0 Å². The molecule has 84 valence electrons. The maximum Gasteiger partial charge on any atom is 0.0894 e. The van der Waals surface area contributed by atoms with Crippen molar-refractivity contribution in [3.63, 3.8) is 0 Å². The molecule has 0 spiro atoms. The van der Waals surface area contributed by atoms with E-state index in [1.807, 2.05) is 0 Å². The fourth-order valence-corrected chi connectivity index (χ4v) is 2.90. The molecular weight excluding hydrogens is 208 g/mol. The van der Waals surface area contributed by atoms with Gasteiger partial charge in [-0.15, -0.1) is 0 Å². The molecule has 2 heterocycles. The van der Waals surface area contributed by atoms with E-state index in [9.17, 15) is 0 Å². The average Bonchev–Trinajstić information content (AvgIpc) is 2.81. The summed E-state index contributed by atoms with van der Waals surface area (Å²) in [4.78, 5) is 2.45. The van der Waals surface area contributed by atoms with Gasteiger partial charge in [0.05, 0.1) is 18.8 Å². The molecule has 0 aliphatic carbocycles. The minimum Gasteiger partial charge on any atom is -0.374 e. The van der Waals surface area contributed by atoms with Crippen LogP contribution in [-0.4, -0.2) is 37.2 Å². The van der Waals surface area contributed by atoms with E-state index in [-0.39, 0.29) is 6.10 Å². The molecule has 2 rings (SSSR count). The molecule has 0 bridgehead atoms. The van der Waals surface area contributed by atoms with E-state index in [2.05, 4.69) is 28.7 Å². The van der Waals surface area contributed by atoms with Crippen molar-refractivity contribution in [2.45, 2.75) is 19.1 Å². The first-order valence-electron chi connectivity index (χ1n) is 5.44. The standard InChI is InChI=1S/C11H18N2OS/c1-2-13-4-5-14-10(7-12)11(13)9-3-6-15-8-9/h3,6,8,10-11H,2,4-5,7,12H2,1H3. The van der Waals surface area contributed by atoms with Gasteiger partial charge in [-0.3, -0.25) is 4.90 Å². The lowest BCUT2D eigenvalue weighted by atomic mass is 10.0. The highest BCUT2D eigenvalue weighted by Gasteiger charge is 2.31. The van der Waals surface area contributed by atoms with E-state index in [0.717, 1.165) is 19.7 Å². The number of hydrogen-bond acceptors (Lipinski definition) is 4. The number of morpholine rings is 1. The molecule has 1 aliphatic heterocycles. The van der Waals surface area contributed by atoms with Crippen molar-refractivity contribution in [1.29, 1.82) is 0 Å². The van der Waals surface area contributed by atoms with Gasteiger partial charge in [0.25, 0.3) is 0 Å². The predicted octanol–water partition coefficient (Wildman–Crippen LogP) is 1.47. The molecule has 0 radical (unpaired) electrons. The van der Waals surface area contributed by atoms with Crippen LogP contribution in [0.25, 0.3) is 0 Å². The Bertz CT molecular complexity index is 277. The summed E-state index contributed by atoms with van der Waals surface area (Å²) in [7, 11) is 0. The third kappa shape index (κ3) is 2.23. The topological polar surface area (TPSA) is 38.5 Å². The first-order chi connectivity index (χ1) is 7.36. The Hall–Kier alpha value is -0.420. The van der Waals surface area contributed by atoms with Gasteiger partial charge in [-0.25, -0.2) is 0 Å². The van der Waals surface area contributed by atoms with Crippen molar-refractivity contribution < 1.29 is 4.74 Å². The van der Waals surface area contributed by atoms with Gasteiger partial charge in [-0.2, -0.15) is 11.3 Å². The highest BCUT2D eigenvalue weighted by molar-refractivity contribution is 7.07. The van der Waals surface area contributed by atoms with Crippen LogP contribution in [0, 0.1) is 0 Å². The SMILES string of the molecule is CCN1CCOC(CN)C1c1ccsc1. The monoisotopic (exact) mass is 226 g/mol. The summed E-state index contributed by atoms with van der Waals surface area (Å²) >= 11 is 1.74. The minimum absolute atomic E-state index is 0.147. The molecule has 0 amide bonds. The normalized spacial score (nSPS) is 28.1. The molecule has 1 aromatic heterocycles. The highest BCUT2D eigenvalue weighted by atomic mass is 32.1. The molecule has 2 unspecified atom stereocenters. The van der Waals surface area contributed by atoms with Crippen LogP contribution in [0.3, 0.4) is 0 Å². The van der Waals surface area contributed by atoms with E-state index >= 15 is 0 Å². The number of rotatable bonds is 3. The van der Waals surface area contributed by atoms with Crippen LogP contribution in [0.2, 0.25) is 0 Å². The number of nitrogens with zero attached hydrogens (tertiary/aromatic N) is 1. The Morgan fingerprint density at radius 2 is 2.53 bits per heavy atom. The van der Waals surface area contributed by atoms with Gasteiger partial charge >= 0.3 is 0 Å². The van der Waals surface area contributed by atoms with Crippen LogP contribution in [0.4, 0.5) is 0 Å². The van der Waals surface area contributed by atoms with E-state index in [1.54, 1.807) is 11.3 Å². The molecule has 0 aromatic carbocycles. The summed E-state index contributed by atoms with van der Waals surface area (Å²) in [5.74, 6) is 0. The zero-order valence-electron chi connectivity index (χ0n) is 9.06. The van der Waals surface area contributed by atoms with E-state index < -0.39 is 0 Å². The Morgan fingerprint density at radius 3 is 3.13 bits per heavy atom. The summed E-state index contributed by atoms with van der Waals surface area (Å²) in [5.41, 5.74) is 7.11. The van der Waals surface area contributed by atoms with Crippen LogP contribution in [0.1, 0.15) is 18.5 Å². The van der Waals surface area contributed by atoms with Crippen molar-refractivity contribution in [3.8, 4) is 0 Å². The second-order valence-corrected chi connectivity index (χ2v) is 4.56. The second kappa shape index (κ2) is 5.07. The molecule has 0 saturated carbocycles. The van der Waals surface area contributed by atoms with Crippen molar-refractivity contribution >= 4 is 11.3 Å². The van der Waals surface area contributed by atoms with Gasteiger partial charge in [-0.1, -0.05) is 6.92 Å². The molecule has 3 nitrogen and oxygen atoms in total. The Balaban J connectivity index is 2.20. The maximum atomic E-state index is 5.77. The van der Waals surface area contributed by atoms with Gasteiger partial charge in [0.15, 0.2) is 0 Å². The van der Waals surface area contributed by atoms with E-state index in [0.29, 0.717) is 12.6 Å². The van der Waals surface area contributed by atoms with Crippen molar-refractivity contribution in [3.05, 3.63) is 22.4 Å². The highest BCUT2D eigenvalue weighted by Crippen LogP contribution is 2.30. The predicted molar refractivity (Wildman–Crippen MR) is 63.1 cm³/mol. The van der Waals surface area contributed by atoms with E-state index in [4.69, 9.17) is 10.5 Å². The molecule has 2 atom stereocenters. The van der Waals surface area contributed by atoms with Crippen LogP contribution in [0.15, 0.2) is 16.8 Å². The van der Waals surface area contributed by atoms with Gasteiger partial charge < -0.3 is 10.5 Å². The molecule has 4 heteroatoms. The summed E-state index contributed by atoms with van der Waals surface area (Å²) in [6.07, 6.45) is 0.147. The van der Waals surface area contributed by atoms with Crippen LogP contribution in [-0.2, 0) is 4.74 Å². The first kappa shape index (κ1) is 11.1. The van der Waals surface area contributed by atoms with Crippen molar-refractivity contribution in [2.24, 2.45) is 5.73 Å². The molecule has 1 aliphatic rings. The Morgan fingerprint density at radius 1 is 1.67 bits per heavy atom. The summed E-state index contributed by atoms with van der Waals surface area (Å²) in [6.45, 7) is 5.65. The maximum absolute atomic E-state index is 5.77. The lowest BCUT2D eigenvalue weighted by molar-refractivity contribution is -0.0657. The van der Waals surface area contributed by atoms with Crippen molar-refractivity contribution in [2.75, 3.05) is 26.2 Å². The number of hydrogen-bond donors (Lipinski definition) is 1.